The van der Waals surface area contributed by atoms with Crippen LogP contribution in [0.4, 0.5) is 13.2 Å². The van der Waals surface area contributed by atoms with Crippen LogP contribution in [0, 0.1) is 6.92 Å². The number of aryl methyl sites for hydroxylation is 1. The lowest BCUT2D eigenvalue weighted by molar-refractivity contribution is -0.141. The van der Waals surface area contributed by atoms with Crippen molar-refractivity contribution in [3.05, 3.63) is 54.0 Å². The molecule has 1 saturated heterocycles. The Morgan fingerprint density at radius 1 is 1.13 bits per heavy atom. The second-order valence-electron chi connectivity index (χ2n) is 7.07. The summed E-state index contributed by atoms with van der Waals surface area (Å²) in [7, 11) is 0. The first-order chi connectivity index (χ1) is 14.8. The van der Waals surface area contributed by atoms with Crippen LogP contribution in [0.1, 0.15) is 34.6 Å². The summed E-state index contributed by atoms with van der Waals surface area (Å²) in [5.74, 6) is -0.332. The Labute approximate surface area is 174 Å². The number of ether oxygens (including phenoxy) is 1. The second kappa shape index (κ2) is 8.28. The second-order valence-corrected chi connectivity index (χ2v) is 7.07. The number of pyridine rings is 1. The Hall–Kier alpha value is -3.57. The average Bonchev–Trinajstić information content (AvgIpc) is 3.28. The Morgan fingerprint density at radius 3 is 2.58 bits per heavy atom. The summed E-state index contributed by atoms with van der Waals surface area (Å²) in [6.45, 7) is 2.59. The van der Waals surface area contributed by atoms with Gasteiger partial charge in [-0.05, 0) is 31.4 Å². The molecule has 1 atom stereocenters. The summed E-state index contributed by atoms with van der Waals surface area (Å²) >= 11 is 0. The number of carbonyl (C=O) groups is 1. The van der Waals surface area contributed by atoms with Gasteiger partial charge in [-0.1, -0.05) is 0 Å². The van der Waals surface area contributed by atoms with Gasteiger partial charge in [0.05, 0.1) is 31.3 Å². The molecule has 12 heteroatoms. The summed E-state index contributed by atoms with van der Waals surface area (Å²) in [4.78, 5) is 27.4. The quantitative estimate of drug-likeness (QED) is 0.623. The molecule has 9 nitrogen and oxygen atoms in total. The molecule has 0 bridgehead atoms. The van der Waals surface area contributed by atoms with E-state index in [9.17, 15) is 18.0 Å². The molecular weight excluding hydrogens is 415 g/mol. The molecule has 0 aliphatic carbocycles. The van der Waals surface area contributed by atoms with Crippen molar-refractivity contribution in [1.82, 2.24) is 34.8 Å². The molecule has 0 radical (unpaired) electrons. The SMILES string of the molecule is Cc1cnc(C(=O)N2CCCC(Oc3cnc(C(F)(F)F)cn3)C2)c(-n2nccn2)c1. The van der Waals surface area contributed by atoms with Crippen LogP contribution < -0.4 is 4.74 Å². The van der Waals surface area contributed by atoms with Crippen LogP contribution in [0.15, 0.2) is 37.1 Å². The number of hydrogen-bond acceptors (Lipinski definition) is 7. The first-order valence-corrected chi connectivity index (χ1v) is 9.50. The lowest BCUT2D eigenvalue weighted by atomic mass is 10.1. The first-order valence-electron chi connectivity index (χ1n) is 9.50. The Balaban J connectivity index is 1.49. The predicted molar refractivity (Wildman–Crippen MR) is 100 cm³/mol. The lowest BCUT2D eigenvalue weighted by Gasteiger charge is -2.32. The van der Waals surface area contributed by atoms with Crippen LogP contribution in [-0.4, -0.2) is 59.9 Å². The van der Waals surface area contributed by atoms with E-state index in [1.165, 1.54) is 17.2 Å². The van der Waals surface area contributed by atoms with Crippen molar-refractivity contribution in [2.45, 2.75) is 32.0 Å². The number of alkyl halides is 3. The van der Waals surface area contributed by atoms with Crippen LogP contribution in [0.3, 0.4) is 0 Å². The van der Waals surface area contributed by atoms with E-state index >= 15 is 0 Å². The highest BCUT2D eigenvalue weighted by molar-refractivity contribution is 5.95. The maximum absolute atomic E-state index is 13.2. The van der Waals surface area contributed by atoms with E-state index in [0.29, 0.717) is 31.3 Å². The van der Waals surface area contributed by atoms with Crippen molar-refractivity contribution < 1.29 is 22.7 Å². The minimum Gasteiger partial charge on any atom is -0.471 e. The highest BCUT2D eigenvalue weighted by atomic mass is 19.4. The van der Waals surface area contributed by atoms with Gasteiger partial charge in [0, 0.05) is 12.7 Å². The van der Waals surface area contributed by atoms with Gasteiger partial charge in [-0.3, -0.25) is 4.79 Å². The molecule has 1 aliphatic rings. The van der Waals surface area contributed by atoms with Gasteiger partial charge in [0.15, 0.2) is 11.4 Å². The van der Waals surface area contributed by atoms with Gasteiger partial charge in [-0.2, -0.15) is 23.4 Å². The van der Waals surface area contributed by atoms with Gasteiger partial charge in [-0.15, -0.1) is 4.80 Å². The van der Waals surface area contributed by atoms with Crippen molar-refractivity contribution in [3.8, 4) is 11.6 Å². The molecule has 1 amide bonds. The largest absolute Gasteiger partial charge is 0.471 e. The van der Waals surface area contributed by atoms with E-state index in [4.69, 9.17) is 4.74 Å². The van der Waals surface area contributed by atoms with Crippen molar-refractivity contribution in [2.24, 2.45) is 0 Å². The highest BCUT2D eigenvalue weighted by Gasteiger charge is 2.33. The smallest absolute Gasteiger partial charge is 0.434 e. The molecule has 3 aromatic rings. The molecule has 1 aliphatic heterocycles. The number of amides is 1. The van der Waals surface area contributed by atoms with Crippen molar-refractivity contribution in [1.29, 1.82) is 0 Å². The molecule has 1 unspecified atom stereocenters. The standard InChI is InChI=1S/C19H18F3N7O2/c1-12-7-14(29-26-4-5-27-29)17(25-8-12)18(30)28-6-2-3-13(11-28)31-16-10-23-15(9-24-16)19(20,21)22/h4-5,7-10,13H,2-3,6,11H2,1H3. The Kier molecular flexibility index (Phi) is 5.53. The molecule has 0 saturated carbocycles. The molecule has 0 aromatic carbocycles. The average molecular weight is 433 g/mol. The van der Waals surface area contributed by atoms with Crippen molar-refractivity contribution in [3.63, 3.8) is 0 Å². The van der Waals surface area contributed by atoms with E-state index in [-0.39, 0.29) is 24.0 Å². The first kappa shape index (κ1) is 20.7. The summed E-state index contributed by atoms with van der Waals surface area (Å²) < 4.78 is 43.6. The number of rotatable bonds is 4. The number of piperidine rings is 1. The van der Waals surface area contributed by atoms with E-state index in [2.05, 4.69) is 25.1 Å². The van der Waals surface area contributed by atoms with Crippen molar-refractivity contribution in [2.75, 3.05) is 13.1 Å². The third kappa shape index (κ3) is 4.62. The zero-order valence-electron chi connectivity index (χ0n) is 16.5. The fourth-order valence-corrected chi connectivity index (χ4v) is 3.27. The van der Waals surface area contributed by atoms with Crippen LogP contribution in [0.5, 0.6) is 5.88 Å². The maximum Gasteiger partial charge on any atom is 0.434 e. The van der Waals surface area contributed by atoms with Crippen molar-refractivity contribution >= 4 is 5.91 Å². The molecule has 4 heterocycles. The fourth-order valence-electron chi connectivity index (χ4n) is 3.27. The van der Waals surface area contributed by atoms with E-state index in [1.807, 2.05) is 6.92 Å². The topological polar surface area (TPSA) is 98.9 Å². The van der Waals surface area contributed by atoms with Gasteiger partial charge in [0.1, 0.15) is 11.8 Å². The number of hydrogen-bond donors (Lipinski definition) is 0. The molecule has 3 aromatic heterocycles. The van der Waals surface area contributed by atoms with Gasteiger partial charge >= 0.3 is 6.18 Å². The zero-order chi connectivity index (χ0) is 22.0. The van der Waals surface area contributed by atoms with E-state index in [0.717, 1.165) is 11.8 Å². The number of nitrogens with zero attached hydrogens (tertiary/aromatic N) is 7. The molecule has 31 heavy (non-hydrogen) atoms. The van der Waals surface area contributed by atoms with E-state index < -0.39 is 18.0 Å². The molecule has 162 valence electrons. The molecular formula is C19H18F3N7O2. The predicted octanol–water partition coefficient (Wildman–Crippen LogP) is 2.46. The third-order valence-electron chi connectivity index (χ3n) is 4.71. The summed E-state index contributed by atoms with van der Waals surface area (Å²) in [6, 6.07) is 1.77. The number of carbonyl (C=O) groups excluding carboxylic acids is 1. The normalized spacial score (nSPS) is 16.9. The van der Waals surface area contributed by atoms with Crippen LogP contribution in [0.25, 0.3) is 5.69 Å². The maximum atomic E-state index is 13.2. The van der Waals surface area contributed by atoms with Gasteiger partial charge in [0.2, 0.25) is 5.88 Å². The van der Waals surface area contributed by atoms with Gasteiger partial charge in [-0.25, -0.2) is 15.0 Å². The van der Waals surface area contributed by atoms with Gasteiger partial charge in [0.25, 0.3) is 5.91 Å². The molecule has 4 rings (SSSR count). The molecule has 0 spiro atoms. The Bertz CT molecular complexity index is 1060. The molecule has 0 N–H and O–H groups in total. The lowest BCUT2D eigenvalue weighted by Crippen LogP contribution is -2.45. The highest BCUT2D eigenvalue weighted by Crippen LogP contribution is 2.27. The summed E-state index contributed by atoms with van der Waals surface area (Å²) in [5.41, 5.74) is 0.429. The third-order valence-corrected chi connectivity index (χ3v) is 4.71. The van der Waals surface area contributed by atoms with Crippen LogP contribution >= 0.6 is 0 Å². The van der Waals surface area contributed by atoms with Crippen LogP contribution in [-0.2, 0) is 6.18 Å². The van der Waals surface area contributed by atoms with Crippen LogP contribution in [0.2, 0.25) is 0 Å². The number of likely N-dealkylation sites (tertiary alicyclic amines) is 1. The molecule has 1 fully saturated rings. The number of aromatic nitrogens is 6. The zero-order valence-corrected chi connectivity index (χ0v) is 16.5. The minimum absolute atomic E-state index is 0.0257. The summed E-state index contributed by atoms with van der Waals surface area (Å²) in [5, 5.41) is 8.17. The Morgan fingerprint density at radius 2 is 1.90 bits per heavy atom. The monoisotopic (exact) mass is 433 g/mol. The van der Waals surface area contributed by atoms with Gasteiger partial charge < -0.3 is 9.64 Å². The summed E-state index contributed by atoms with van der Waals surface area (Å²) in [6.07, 6.45) is 2.46. The fraction of sp³-hybridized carbons (Fsp3) is 0.368. The minimum atomic E-state index is -4.57. The number of halogens is 3. The van der Waals surface area contributed by atoms with E-state index in [1.54, 1.807) is 17.2 Å².